The number of fused-ring (bicyclic) bond motifs is 1. The third kappa shape index (κ3) is 4.35. The summed E-state index contributed by atoms with van der Waals surface area (Å²) in [5.41, 5.74) is 5.07. The van der Waals surface area contributed by atoms with Crippen LogP contribution in [0.4, 0.5) is 5.69 Å². The maximum Gasteiger partial charge on any atom is 0.224 e. The highest BCUT2D eigenvalue weighted by molar-refractivity contribution is 5.93. The zero-order valence-electron chi connectivity index (χ0n) is 17.1. The van der Waals surface area contributed by atoms with Crippen molar-refractivity contribution in [1.29, 1.82) is 0 Å². The van der Waals surface area contributed by atoms with E-state index >= 15 is 0 Å². The van der Waals surface area contributed by atoms with Gasteiger partial charge in [-0.1, -0.05) is 75.2 Å². The Balaban J connectivity index is 0.000000855. The number of carbonyl (C=O) groups is 1. The zero-order valence-corrected chi connectivity index (χ0v) is 17.1. The number of nitrogens with zero attached hydrogens (tertiary/aromatic N) is 1. The van der Waals surface area contributed by atoms with Crippen LogP contribution in [0.5, 0.6) is 0 Å². The summed E-state index contributed by atoms with van der Waals surface area (Å²) < 4.78 is 0. The first-order valence-electron chi connectivity index (χ1n) is 9.84. The third-order valence-electron chi connectivity index (χ3n) is 5.28. The van der Waals surface area contributed by atoms with Crippen molar-refractivity contribution in [1.82, 2.24) is 0 Å². The van der Waals surface area contributed by atoms with Crippen LogP contribution >= 0.6 is 0 Å². The van der Waals surface area contributed by atoms with Gasteiger partial charge in [0, 0.05) is 20.1 Å². The third-order valence-corrected chi connectivity index (χ3v) is 5.28. The van der Waals surface area contributed by atoms with Crippen molar-refractivity contribution in [2.75, 3.05) is 4.90 Å². The number of anilines is 1. The fraction of sp³-hybridized carbons (Fsp3) is 0.458. The molecule has 0 radical (unpaired) electrons. The molecule has 1 amide bonds. The molecule has 0 N–H and O–H groups in total. The largest absolute Gasteiger partial charge is 0.309 e. The summed E-state index contributed by atoms with van der Waals surface area (Å²) in [6, 6.07) is 17.4. The first kappa shape index (κ1) is 20.2. The molecule has 0 aliphatic carbocycles. The van der Waals surface area contributed by atoms with Crippen molar-refractivity contribution < 1.29 is 6.22 Å². The van der Waals surface area contributed by atoms with Crippen LogP contribution in [0.3, 0.4) is 0 Å². The summed E-state index contributed by atoms with van der Waals surface area (Å²) in [4.78, 5) is 14.1. The van der Waals surface area contributed by atoms with E-state index in [4.69, 9.17) is 0 Å². The summed E-state index contributed by atoms with van der Waals surface area (Å²) in [6.45, 7) is 12.5. The van der Waals surface area contributed by atoms with Crippen molar-refractivity contribution in [2.45, 2.75) is 66.3 Å². The average molecular weight is 354 g/mol. The number of carbonyl (C=O) groups excluding carboxylic acids is 1. The highest BCUT2D eigenvalue weighted by atomic mass is 16.2. The molecule has 1 aliphatic heterocycles. The van der Waals surface area contributed by atoms with E-state index in [0.29, 0.717) is 11.8 Å². The molecule has 0 bridgehead atoms. The van der Waals surface area contributed by atoms with Gasteiger partial charge in [0.25, 0.3) is 0 Å². The number of benzene rings is 2. The van der Waals surface area contributed by atoms with Gasteiger partial charge in [-0.3, -0.25) is 4.79 Å². The van der Waals surface area contributed by atoms with E-state index in [2.05, 4.69) is 77.1 Å². The van der Waals surface area contributed by atoms with Crippen LogP contribution in [0.2, 0.25) is 0 Å². The van der Waals surface area contributed by atoms with Crippen molar-refractivity contribution in [2.24, 2.45) is 5.92 Å². The minimum Gasteiger partial charge on any atom is -0.309 e. The molecular weight excluding hydrogens is 318 g/mol. The molecule has 26 heavy (non-hydrogen) atoms. The van der Waals surface area contributed by atoms with Crippen LogP contribution < -0.4 is 4.90 Å². The molecule has 0 spiro atoms. The quantitative estimate of drug-likeness (QED) is 0.614. The van der Waals surface area contributed by atoms with Crippen molar-refractivity contribution in [3.05, 3.63) is 65.2 Å². The minimum absolute atomic E-state index is 0. The van der Waals surface area contributed by atoms with E-state index in [-0.39, 0.29) is 13.4 Å². The zero-order chi connectivity index (χ0) is 19.3. The molecule has 0 saturated heterocycles. The number of aryl methyl sites for hydroxylation is 1. The highest BCUT2D eigenvalue weighted by Gasteiger charge is 2.37. The lowest BCUT2D eigenvalue weighted by Crippen LogP contribution is -2.47. The smallest absolute Gasteiger partial charge is 0.224 e. The first-order valence-corrected chi connectivity index (χ1v) is 9.84. The lowest BCUT2D eigenvalue weighted by molar-refractivity contribution is -0.117. The maximum absolute atomic E-state index is 12.2. The van der Waals surface area contributed by atoms with E-state index in [1.807, 2.05) is 11.0 Å². The summed E-state index contributed by atoms with van der Waals surface area (Å²) in [5, 5.41) is 0. The van der Waals surface area contributed by atoms with E-state index in [1.54, 1.807) is 6.92 Å². The number of para-hydroxylation sites is 1. The Morgan fingerprint density at radius 1 is 1.08 bits per heavy atom. The van der Waals surface area contributed by atoms with E-state index in [1.165, 1.54) is 23.1 Å². The molecule has 2 nitrogen and oxygen atoms in total. The van der Waals surface area contributed by atoms with Gasteiger partial charge >= 0.3 is 0 Å². The van der Waals surface area contributed by atoms with Crippen molar-refractivity contribution in [3.63, 3.8) is 0 Å². The molecule has 3 atom stereocenters. The Morgan fingerprint density at radius 3 is 2.35 bits per heavy atom. The molecule has 2 heteroatoms. The maximum atomic E-state index is 12.2. The van der Waals surface area contributed by atoms with Crippen molar-refractivity contribution >= 4 is 11.6 Å². The second-order valence-corrected chi connectivity index (χ2v) is 7.55. The Labute approximate surface area is 160 Å². The Kier molecular flexibility index (Phi) is 7.02. The van der Waals surface area contributed by atoms with Gasteiger partial charge < -0.3 is 4.90 Å². The summed E-state index contributed by atoms with van der Waals surface area (Å²) >= 11 is 0. The number of hydrogen-bond donors (Lipinski definition) is 0. The Hall–Kier alpha value is -2.09. The van der Waals surface area contributed by atoms with Crippen LogP contribution in [-0.4, -0.2) is 11.9 Å². The van der Waals surface area contributed by atoms with Gasteiger partial charge in [-0.2, -0.15) is 0 Å². The topological polar surface area (TPSA) is 20.3 Å². The summed E-state index contributed by atoms with van der Waals surface area (Å²) in [5.74, 6) is 0.999. The van der Waals surface area contributed by atoms with Gasteiger partial charge in [0.1, 0.15) is 0 Å². The SMILES string of the molecule is CC(=O)N1c2ccccc2[C@H](Cc2cccc(C)c2)C(C)[C@@H]1C.CCC.[HH]. The summed E-state index contributed by atoms with van der Waals surface area (Å²) in [7, 11) is 0. The molecule has 1 heterocycles. The summed E-state index contributed by atoms with van der Waals surface area (Å²) in [6.07, 6.45) is 2.27. The van der Waals surface area contributed by atoms with Gasteiger partial charge in [-0.15, -0.1) is 0 Å². The molecule has 0 aromatic heterocycles. The van der Waals surface area contributed by atoms with Crippen LogP contribution in [0.15, 0.2) is 48.5 Å². The van der Waals surface area contributed by atoms with Crippen LogP contribution in [-0.2, 0) is 11.2 Å². The van der Waals surface area contributed by atoms with Crippen LogP contribution in [0.25, 0.3) is 0 Å². The van der Waals surface area contributed by atoms with Gasteiger partial charge in [-0.25, -0.2) is 0 Å². The second kappa shape index (κ2) is 9.02. The molecule has 3 rings (SSSR count). The van der Waals surface area contributed by atoms with Crippen LogP contribution in [0.1, 0.15) is 65.1 Å². The van der Waals surface area contributed by atoms with Gasteiger partial charge in [-0.05, 0) is 49.3 Å². The predicted octanol–water partition coefficient (Wildman–Crippen LogP) is 6.37. The van der Waals surface area contributed by atoms with E-state index in [9.17, 15) is 4.79 Å². The molecule has 0 fully saturated rings. The number of hydrogen-bond acceptors (Lipinski definition) is 1. The lowest BCUT2D eigenvalue weighted by Gasteiger charge is -2.43. The predicted molar refractivity (Wildman–Crippen MR) is 114 cm³/mol. The van der Waals surface area contributed by atoms with Crippen LogP contribution in [0, 0.1) is 12.8 Å². The Morgan fingerprint density at radius 2 is 1.73 bits per heavy atom. The monoisotopic (exact) mass is 353 g/mol. The molecular formula is C24H35NO. The normalized spacial score (nSPS) is 21.5. The average Bonchev–Trinajstić information content (AvgIpc) is 2.59. The molecule has 142 valence electrons. The molecule has 2 aromatic rings. The number of rotatable bonds is 2. The molecule has 1 unspecified atom stereocenters. The number of amides is 1. The minimum atomic E-state index is 0. The van der Waals surface area contributed by atoms with Gasteiger partial charge in [0.05, 0.1) is 0 Å². The fourth-order valence-electron chi connectivity index (χ4n) is 3.94. The van der Waals surface area contributed by atoms with Gasteiger partial charge in [0.15, 0.2) is 0 Å². The molecule has 1 aliphatic rings. The standard InChI is InChI=1S/C21H25NO.C3H8.H2/c1-14-8-7-9-18(12-14)13-20-15(2)16(3)22(17(4)23)21-11-6-5-10-19(20)21;1-3-2;/h5-12,15-16,20H,13H2,1-4H3;3H2,1-2H3;1H/t15?,16-,20+;;/m0../s1. The molecule has 0 saturated carbocycles. The second-order valence-electron chi connectivity index (χ2n) is 7.55. The lowest BCUT2D eigenvalue weighted by atomic mass is 9.75. The van der Waals surface area contributed by atoms with E-state index in [0.717, 1.165) is 12.1 Å². The highest BCUT2D eigenvalue weighted by Crippen LogP contribution is 2.43. The van der Waals surface area contributed by atoms with Gasteiger partial charge in [0.2, 0.25) is 5.91 Å². The Bertz CT molecular complexity index is 743. The van der Waals surface area contributed by atoms with E-state index < -0.39 is 0 Å². The molecule has 2 aromatic carbocycles. The first-order chi connectivity index (χ1) is 12.4. The fourth-order valence-corrected chi connectivity index (χ4v) is 3.94. The van der Waals surface area contributed by atoms with Crippen molar-refractivity contribution in [3.8, 4) is 0 Å².